The fourth-order valence-corrected chi connectivity index (χ4v) is 4.40. The van der Waals surface area contributed by atoms with E-state index in [-0.39, 0.29) is 5.82 Å². The van der Waals surface area contributed by atoms with Crippen LogP contribution in [0.4, 0.5) is 4.39 Å². The maximum atomic E-state index is 13.7. The zero-order chi connectivity index (χ0) is 22.4. The van der Waals surface area contributed by atoms with Crippen LogP contribution in [0.3, 0.4) is 0 Å². The molecule has 0 spiro atoms. The van der Waals surface area contributed by atoms with Crippen LogP contribution in [0.2, 0.25) is 0 Å². The Kier molecular flexibility index (Phi) is 4.31. The molecule has 0 aliphatic heterocycles. The summed E-state index contributed by atoms with van der Waals surface area (Å²) < 4.78 is 13.7. The van der Waals surface area contributed by atoms with Crippen LogP contribution in [-0.2, 0) is 0 Å². The number of rotatable bonds is 3. The van der Waals surface area contributed by atoms with Gasteiger partial charge in [0.25, 0.3) is 0 Å². The zero-order valence-electron chi connectivity index (χ0n) is 17.4. The highest BCUT2D eigenvalue weighted by atomic mass is 19.1. The largest absolute Gasteiger partial charge is 0.360 e. The van der Waals surface area contributed by atoms with E-state index in [2.05, 4.69) is 16.0 Å². The summed E-state index contributed by atoms with van der Waals surface area (Å²) in [4.78, 5) is 11.6. The summed E-state index contributed by atoms with van der Waals surface area (Å²) in [6, 6.07) is 26.5. The Hall–Kier alpha value is -4.69. The van der Waals surface area contributed by atoms with Gasteiger partial charge in [0.05, 0.1) is 17.0 Å². The van der Waals surface area contributed by atoms with Crippen LogP contribution in [-0.4, -0.2) is 15.0 Å². The second kappa shape index (κ2) is 7.47. The van der Waals surface area contributed by atoms with Gasteiger partial charge in [-0.25, -0.2) is 9.37 Å². The van der Waals surface area contributed by atoms with Gasteiger partial charge in [-0.1, -0.05) is 48.5 Å². The fourth-order valence-electron chi connectivity index (χ4n) is 4.40. The van der Waals surface area contributed by atoms with E-state index >= 15 is 0 Å². The Balaban J connectivity index is 1.69. The number of hydrogen-bond acceptors (Lipinski definition) is 2. The molecule has 0 bridgehead atoms. The van der Waals surface area contributed by atoms with E-state index in [1.54, 1.807) is 12.1 Å². The van der Waals surface area contributed by atoms with Gasteiger partial charge >= 0.3 is 0 Å². The van der Waals surface area contributed by atoms with Crippen molar-refractivity contribution < 1.29 is 4.39 Å². The summed E-state index contributed by atoms with van der Waals surface area (Å²) in [5.41, 5.74) is 7.05. The molecule has 0 amide bonds. The van der Waals surface area contributed by atoms with Gasteiger partial charge in [0, 0.05) is 50.9 Å². The molecule has 6 aromatic rings. The van der Waals surface area contributed by atoms with E-state index in [1.165, 1.54) is 12.1 Å². The van der Waals surface area contributed by atoms with Crippen molar-refractivity contribution >= 4 is 21.8 Å². The van der Waals surface area contributed by atoms with Crippen LogP contribution in [0.25, 0.3) is 55.4 Å². The van der Waals surface area contributed by atoms with Crippen LogP contribution >= 0.6 is 0 Å². The molecule has 0 aliphatic carbocycles. The highest BCUT2D eigenvalue weighted by Gasteiger charge is 2.20. The maximum Gasteiger partial charge on any atom is 0.123 e. The maximum absolute atomic E-state index is 13.7. The summed E-state index contributed by atoms with van der Waals surface area (Å²) in [5, 5.41) is 12.2. The second-order valence-corrected chi connectivity index (χ2v) is 7.89. The number of aromatic nitrogens is 3. The number of para-hydroxylation sites is 2. The number of nitrogens with one attached hydrogen (secondary N) is 2. The van der Waals surface area contributed by atoms with Crippen LogP contribution in [0.5, 0.6) is 0 Å². The molecule has 3 aromatic heterocycles. The Morgan fingerprint density at radius 1 is 0.727 bits per heavy atom. The summed E-state index contributed by atoms with van der Waals surface area (Å²) in [6.45, 7) is 0. The van der Waals surface area contributed by atoms with Crippen molar-refractivity contribution in [3.63, 3.8) is 0 Å². The lowest BCUT2D eigenvalue weighted by Gasteiger charge is -2.12. The number of H-pyrrole nitrogens is 2. The molecular formula is C28H17FN4. The van der Waals surface area contributed by atoms with Crippen LogP contribution < -0.4 is 0 Å². The van der Waals surface area contributed by atoms with Gasteiger partial charge in [-0.05, 0) is 35.9 Å². The van der Waals surface area contributed by atoms with Crippen molar-refractivity contribution in [2.75, 3.05) is 0 Å². The summed E-state index contributed by atoms with van der Waals surface area (Å²) in [6.07, 6.45) is 3.83. The third kappa shape index (κ3) is 3.08. The highest BCUT2D eigenvalue weighted by Crippen LogP contribution is 2.38. The fraction of sp³-hybridized carbons (Fsp3) is 0. The molecule has 4 nitrogen and oxygen atoms in total. The average Bonchev–Trinajstić information content (AvgIpc) is 3.48. The first-order valence-electron chi connectivity index (χ1n) is 10.6. The van der Waals surface area contributed by atoms with Crippen molar-refractivity contribution in [1.82, 2.24) is 15.0 Å². The van der Waals surface area contributed by atoms with Gasteiger partial charge in [-0.3, -0.25) is 0 Å². The Labute approximate surface area is 189 Å². The quantitative estimate of drug-likeness (QED) is 0.317. The Bertz CT molecular complexity index is 1680. The number of pyridine rings is 1. The van der Waals surface area contributed by atoms with E-state index in [4.69, 9.17) is 4.98 Å². The summed E-state index contributed by atoms with van der Waals surface area (Å²) in [7, 11) is 0. The third-order valence-corrected chi connectivity index (χ3v) is 6.00. The highest BCUT2D eigenvalue weighted by molar-refractivity contribution is 6.00. The lowest BCUT2D eigenvalue weighted by molar-refractivity contribution is 0.628. The van der Waals surface area contributed by atoms with Crippen molar-refractivity contribution in [2.45, 2.75) is 0 Å². The molecule has 0 unspecified atom stereocenters. The minimum Gasteiger partial charge on any atom is -0.360 e. The number of nitrogens with zero attached hydrogens (tertiary/aromatic N) is 2. The van der Waals surface area contributed by atoms with E-state index in [0.717, 1.165) is 44.2 Å². The minimum absolute atomic E-state index is 0.319. The lowest BCUT2D eigenvalue weighted by atomic mass is 9.94. The predicted molar refractivity (Wildman–Crippen MR) is 129 cm³/mol. The zero-order valence-corrected chi connectivity index (χ0v) is 17.4. The predicted octanol–water partition coefficient (Wildman–Crippen LogP) is 7.06. The topological polar surface area (TPSA) is 68.3 Å². The number of hydrogen-bond donors (Lipinski definition) is 2. The number of benzene rings is 3. The molecule has 0 aliphatic rings. The normalized spacial score (nSPS) is 11.2. The molecule has 2 N–H and O–H groups in total. The van der Waals surface area contributed by atoms with Gasteiger partial charge in [0.1, 0.15) is 11.9 Å². The molecule has 5 heteroatoms. The van der Waals surface area contributed by atoms with E-state index in [0.29, 0.717) is 16.8 Å². The van der Waals surface area contributed by atoms with Crippen LogP contribution in [0, 0.1) is 17.1 Å². The molecule has 0 saturated heterocycles. The first-order chi connectivity index (χ1) is 16.2. The molecule has 3 heterocycles. The Morgan fingerprint density at radius 3 is 2.00 bits per heavy atom. The van der Waals surface area contributed by atoms with Crippen molar-refractivity contribution in [3.05, 3.63) is 103 Å². The van der Waals surface area contributed by atoms with Gasteiger partial charge in [-0.2, -0.15) is 5.26 Å². The Morgan fingerprint density at radius 2 is 1.33 bits per heavy atom. The third-order valence-electron chi connectivity index (χ3n) is 6.00. The average molecular weight is 428 g/mol. The first-order valence-corrected chi connectivity index (χ1v) is 10.6. The van der Waals surface area contributed by atoms with E-state index in [1.807, 2.05) is 67.0 Å². The number of halogens is 1. The number of fused-ring (bicyclic) bond motifs is 2. The second-order valence-electron chi connectivity index (χ2n) is 7.89. The number of nitriles is 1. The smallest absolute Gasteiger partial charge is 0.123 e. The SMILES string of the molecule is N#Cc1c(-c2ccc(F)cc2)cc(-c2c[nH]c3ccccc23)nc1-c1c[nH]c2ccccc12. The van der Waals surface area contributed by atoms with Crippen LogP contribution in [0.15, 0.2) is 91.3 Å². The molecule has 0 fully saturated rings. The van der Waals surface area contributed by atoms with E-state index < -0.39 is 0 Å². The monoisotopic (exact) mass is 428 g/mol. The molecular weight excluding hydrogens is 411 g/mol. The van der Waals surface area contributed by atoms with Gasteiger partial charge < -0.3 is 9.97 Å². The van der Waals surface area contributed by atoms with Crippen LogP contribution in [0.1, 0.15) is 5.56 Å². The van der Waals surface area contributed by atoms with Gasteiger partial charge in [-0.15, -0.1) is 0 Å². The van der Waals surface area contributed by atoms with Crippen molar-refractivity contribution in [3.8, 4) is 39.7 Å². The van der Waals surface area contributed by atoms with Gasteiger partial charge in [0.15, 0.2) is 0 Å². The number of aromatic amines is 2. The van der Waals surface area contributed by atoms with E-state index in [9.17, 15) is 9.65 Å². The molecule has 33 heavy (non-hydrogen) atoms. The summed E-state index contributed by atoms with van der Waals surface area (Å²) in [5.74, 6) is -0.319. The first kappa shape index (κ1) is 19.0. The minimum atomic E-state index is -0.319. The lowest BCUT2D eigenvalue weighted by Crippen LogP contribution is -1.96. The molecule has 0 atom stereocenters. The molecule has 0 saturated carbocycles. The standard InChI is InChI=1S/C28H17FN4/c29-18-11-9-17(10-12-18)21-13-27(23-15-31-25-7-3-1-5-19(23)25)33-28(22(21)14-30)24-16-32-26-8-4-2-6-20(24)26/h1-13,15-16,31-32H. The molecule has 6 rings (SSSR count). The molecule has 0 radical (unpaired) electrons. The molecule has 3 aromatic carbocycles. The van der Waals surface area contributed by atoms with Crippen molar-refractivity contribution in [1.29, 1.82) is 5.26 Å². The summed E-state index contributed by atoms with van der Waals surface area (Å²) >= 11 is 0. The van der Waals surface area contributed by atoms with Gasteiger partial charge in [0.2, 0.25) is 0 Å². The molecule has 156 valence electrons. The van der Waals surface area contributed by atoms with Crippen molar-refractivity contribution in [2.24, 2.45) is 0 Å².